The molecule has 0 amide bonds. The van der Waals surface area contributed by atoms with Crippen LogP contribution in [0.3, 0.4) is 0 Å². The highest BCUT2D eigenvalue weighted by atomic mass is 32.1. The lowest BCUT2D eigenvalue weighted by Crippen LogP contribution is -2.12. The lowest BCUT2D eigenvalue weighted by Gasteiger charge is -1.98. The van der Waals surface area contributed by atoms with Gasteiger partial charge in [0, 0.05) is 37.4 Å². The van der Waals surface area contributed by atoms with Crippen molar-refractivity contribution in [2.75, 3.05) is 0 Å². The molecule has 0 aromatic carbocycles. The molecule has 0 aliphatic heterocycles. The summed E-state index contributed by atoms with van der Waals surface area (Å²) in [5.74, 6) is 0. The summed E-state index contributed by atoms with van der Waals surface area (Å²) in [5.41, 5.74) is 1.07. The lowest BCUT2D eigenvalue weighted by molar-refractivity contribution is 0.660. The highest BCUT2D eigenvalue weighted by Crippen LogP contribution is 2.10. The second kappa shape index (κ2) is 4.55. The first kappa shape index (κ1) is 10.3. The Morgan fingerprint density at radius 2 is 2.33 bits per heavy atom. The molecule has 2 aromatic rings. The summed E-state index contributed by atoms with van der Waals surface area (Å²) < 4.78 is 1.81. The third-order valence-corrected chi connectivity index (χ3v) is 2.96. The fourth-order valence-electron chi connectivity index (χ4n) is 1.36. The molecule has 15 heavy (non-hydrogen) atoms. The average Bonchev–Trinajstić information content (AvgIpc) is 2.76. The molecule has 1 N–H and O–H groups in total. The summed E-state index contributed by atoms with van der Waals surface area (Å²) in [6, 6.07) is 2.02. The Morgan fingerprint density at radius 3 is 2.93 bits per heavy atom. The van der Waals surface area contributed by atoms with Gasteiger partial charge >= 0.3 is 0 Å². The molecule has 80 valence electrons. The van der Waals surface area contributed by atoms with Gasteiger partial charge in [-0.3, -0.25) is 4.68 Å². The second-order valence-electron chi connectivity index (χ2n) is 3.43. The van der Waals surface area contributed by atoms with Crippen molar-refractivity contribution in [3.8, 4) is 0 Å². The number of aryl methyl sites for hydroxylation is 2. The molecule has 0 saturated carbocycles. The van der Waals surface area contributed by atoms with Crippen molar-refractivity contribution < 1.29 is 0 Å². The van der Waals surface area contributed by atoms with Crippen molar-refractivity contribution in [1.29, 1.82) is 0 Å². The highest BCUT2D eigenvalue weighted by Gasteiger charge is 1.99. The molecule has 0 aliphatic rings. The molecule has 0 radical (unpaired) electrons. The topological polar surface area (TPSA) is 42.7 Å². The van der Waals surface area contributed by atoms with Crippen LogP contribution in [0.2, 0.25) is 0 Å². The molecule has 2 aromatic heterocycles. The Labute approximate surface area is 93.0 Å². The molecule has 0 bridgehead atoms. The first-order chi connectivity index (χ1) is 7.24. The van der Waals surface area contributed by atoms with E-state index in [-0.39, 0.29) is 0 Å². The minimum absolute atomic E-state index is 0.803. The van der Waals surface area contributed by atoms with Crippen molar-refractivity contribution in [1.82, 2.24) is 20.1 Å². The van der Waals surface area contributed by atoms with Crippen LogP contribution >= 0.6 is 11.3 Å². The third kappa shape index (κ3) is 2.87. The monoisotopic (exact) mass is 222 g/mol. The molecule has 0 fully saturated rings. The van der Waals surface area contributed by atoms with Crippen molar-refractivity contribution in [3.63, 3.8) is 0 Å². The van der Waals surface area contributed by atoms with Crippen LogP contribution in [0.5, 0.6) is 0 Å². The van der Waals surface area contributed by atoms with Crippen LogP contribution in [-0.2, 0) is 20.1 Å². The van der Waals surface area contributed by atoms with Gasteiger partial charge in [0.1, 0.15) is 0 Å². The van der Waals surface area contributed by atoms with Gasteiger partial charge < -0.3 is 5.32 Å². The predicted octanol–water partition coefficient (Wildman–Crippen LogP) is 1.47. The molecule has 0 unspecified atom stereocenters. The summed E-state index contributed by atoms with van der Waals surface area (Å²) in [6.07, 6.45) is 3.87. The summed E-state index contributed by atoms with van der Waals surface area (Å²) in [4.78, 5) is 5.47. The maximum absolute atomic E-state index is 4.29. The van der Waals surface area contributed by atoms with E-state index in [4.69, 9.17) is 0 Å². The van der Waals surface area contributed by atoms with Crippen molar-refractivity contribution in [2.24, 2.45) is 7.05 Å². The second-order valence-corrected chi connectivity index (χ2v) is 4.75. The Kier molecular flexibility index (Phi) is 3.13. The molecular weight excluding hydrogens is 208 g/mol. The molecule has 0 aliphatic carbocycles. The quantitative estimate of drug-likeness (QED) is 0.852. The summed E-state index contributed by atoms with van der Waals surface area (Å²) >= 11 is 1.73. The lowest BCUT2D eigenvalue weighted by atomic mass is 10.4. The van der Waals surface area contributed by atoms with Crippen LogP contribution in [0.4, 0.5) is 0 Å². The van der Waals surface area contributed by atoms with E-state index in [1.54, 1.807) is 11.3 Å². The average molecular weight is 222 g/mol. The largest absolute Gasteiger partial charge is 0.306 e. The van der Waals surface area contributed by atoms with Crippen LogP contribution in [-0.4, -0.2) is 14.8 Å². The summed E-state index contributed by atoms with van der Waals surface area (Å²) in [6.45, 7) is 3.69. The number of nitrogens with zero attached hydrogens (tertiary/aromatic N) is 3. The minimum Gasteiger partial charge on any atom is -0.306 e. The summed E-state index contributed by atoms with van der Waals surface area (Å²) in [7, 11) is 1.93. The van der Waals surface area contributed by atoms with E-state index in [0.717, 1.165) is 23.8 Å². The van der Waals surface area contributed by atoms with Gasteiger partial charge in [0.25, 0.3) is 0 Å². The van der Waals surface area contributed by atoms with Crippen molar-refractivity contribution in [3.05, 3.63) is 34.0 Å². The Bertz CT molecular complexity index is 392. The van der Waals surface area contributed by atoms with Gasteiger partial charge in [0.2, 0.25) is 0 Å². The van der Waals surface area contributed by atoms with Crippen LogP contribution in [0, 0.1) is 6.92 Å². The number of aromatic nitrogens is 3. The van der Waals surface area contributed by atoms with Gasteiger partial charge in [0.05, 0.1) is 10.7 Å². The van der Waals surface area contributed by atoms with E-state index in [1.165, 1.54) is 4.88 Å². The highest BCUT2D eigenvalue weighted by molar-refractivity contribution is 7.11. The van der Waals surface area contributed by atoms with E-state index in [2.05, 4.69) is 15.4 Å². The van der Waals surface area contributed by atoms with Crippen LogP contribution in [0.15, 0.2) is 18.5 Å². The maximum Gasteiger partial charge on any atom is 0.0897 e. The van der Waals surface area contributed by atoms with Gasteiger partial charge in [-0.25, -0.2) is 4.98 Å². The van der Waals surface area contributed by atoms with Gasteiger partial charge in [-0.15, -0.1) is 11.3 Å². The molecule has 0 spiro atoms. The zero-order chi connectivity index (χ0) is 10.7. The van der Waals surface area contributed by atoms with Gasteiger partial charge in [-0.05, 0) is 13.0 Å². The van der Waals surface area contributed by atoms with Crippen molar-refractivity contribution in [2.45, 2.75) is 20.0 Å². The SMILES string of the molecule is Cc1ncc(CNCc2ccn(C)n2)s1. The fourth-order valence-corrected chi connectivity index (χ4v) is 2.12. The molecule has 0 atom stereocenters. The number of nitrogens with one attached hydrogen (secondary N) is 1. The molecular formula is C10H14N4S. The zero-order valence-electron chi connectivity index (χ0n) is 8.90. The van der Waals surface area contributed by atoms with E-state index >= 15 is 0 Å². The zero-order valence-corrected chi connectivity index (χ0v) is 9.71. The maximum atomic E-state index is 4.29. The Balaban J connectivity index is 1.80. The molecule has 2 heterocycles. The fraction of sp³-hybridized carbons (Fsp3) is 0.400. The Morgan fingerprint density at radius 1 is 1.47 bits per heavy atom. The van der Waals surface area contributed by atoms with E-state index in [1.807, 2.05) is 37.1 Å². The molecule has 2 rings (SSSR count). The van der Waals surface area contributed by atoms with Crippen LogP contribution in [0.1, 0.15) is 15.6 Å². The smallest absolute Gasteiger partial charge is 0.0897 e. The van der Waals surface area contributed by atoms with Gasteiger partial charge in [-0.2, -0.15) is 5.10 Å². The molecule has 4 nitrogen and oxygen atoms in total. The minimum atomic E-state index is 0.803. The van der Waals surface area contributed by atoms with Gasteiger partial charge in [-0.1, -0.05) is 0 Å². The predicted molar refractivity (Wildman–Crippen MR) is 60.6 cm³/mol. The number of rotatable bonds is 4. The first-order valence-corrected chi connectivity index (χ1v) is 5.66. The summed E-state index contributed by atoms with van der Waals surface area (Å²) in [5, 5.41) is 8.74. The number of hydrogen-bond acceptors (Lipinski definition) is 4. The standard InChI is InChI=1S/C10H14N4S/c1-8-12-7-10(15-8)6-11-5-9-3-4-14(2)13-9/h3-4,7,11H,5-6H2,1-2H3. The van der Waals surface area contributed by atoms with Crippen molar-refractivity contribution >= 4 is 11.3 Å². The van der Waals surface area contributed by atoms with E-state index in [0.29, 0.717) is 0 Å². The van der Waals surface area contributed by atoms with Crippen LogP contribution in [0.25, 0.3) is 0 Å². The van der Waals surface area contributed by atoms with Gasteiger partial charge in [0.15, 0.2) is 0 Å². The molecule has 0 saturated heterocycles. The van der Waals surface area contributed by atoms with E-state index in [9.17, 15) is 0 Å². The molecule has 5 heteroatoms. The number of hydrogen-bond donors (Lipinski definition) is 1. The van der Waals surface area contributed by atoms with E-state index < -0.39 is 0 Å². The normalized spacial score (nSPS) is 10.8. The Hall–Kier alpha value is -1.20. The number of thiazole rings is 1. The van der Waals surface area contributed by atoms with Crippen LogP contribution < -0.4 is 5.32 Å². The third-order valence-electron chi connectivity index (χ3n) is 2.04. The first-order valence-electron chi connectivity index (χ1n) is 4.84.